The molecule has 1 aliphatic rings. The van der Waals surface area contributed by atoms with E-state index in [-0.39, 0.29) is 11.8 Å². The lowest BCUT2D eigenvalue weighted by Crippen LogP contribution is -2.37. The number of ether oxygens (including phenoxy) is 2. The molecule has 3 rings (SSSR count). The number of hydrogen-bond acceptors (Lipinski definition) is 4. The van der Waals surface area contributed by atoms with Gasteiger partial charge in [0.2, 0.25) is 11.8 Å². The summed E-state index contributed by atoms with van der Waals surface area (Å²) in [6.07, 6.45) is 4.27. The van der Waals surface area contributed by atoms with Crippen LogP contribution in [0.15, 0.2) is 48.5 Å². The average Bonchev–Trinajstić information content (AvgIpc) is 3.10. The van der Waals surface area contributed by atoms with Crippen LogP contribution < -0.4 is 9.47 Å². The van der Waals surface area contributed by atoms with Gasteiger partial charge in [0, 0.05) is 39.0 Å². The van der Waals surface area contributed by atoms with E-state index in [2.05, 4.69) is 0 Å². The van der Waals surface area contributed by atoms with Crippen molar-refractivity contribution in [2.75, 3.05) is 40.4 Å². The molecule has 1 heterocycles. The molecule has 32 heavy (non-hydrogen) atoms. The maximum absolute atomic E-state index is 12.7. The molecule has 2 aromatic rings. The molecular weight excluding hydrogens is 404 g/mol. The van der Waals surface area contributed by atoms with E-state index < -0.39 is 0 Å². The van der Waals surface area contributed by atoms with Crippen LogP contribution in [-0.2, 0) is 22.4 Å². The number of aryl methyl sites for hydroxylation is 2. The third kappa shape index (κ3) is 7.01. The van der Waals surface area contributed by atoms with Crippen LogP contribution in [0.25, 0.3) is 0 Å². The lowest BCUT2D eigenvalue weighted by Gasteiger charge is -2.22. The third-order valence-electron chi connectivity index (χ3n) is 6.00. The fraction of sp³-hybridized carbons (Fsp3) is 0.462. The Hall–Kier alpha value is -3.02. The van der Waals surface area contributed by atoms with E-state index in [9.17, 15) is 9.59 Å². The van der Waals surface area contributed by atoms with Crippen molar-refractivity contribution in [3.63, 3.8) is 0 Å². The van der Waals surface area contributed by atoms with Gasteiger partial charge < -0.3 is 19.3 Å². The molecule has 6 nitrogen and oxygen atoms in total. The first-order valence-electron chi connectivity index (χ1n) is 11.4. The molecule has 172 valence electrons. The molecule has 0 bridgehead atoms. The van der Waals surface area contributed by atoms with Gasteiger partial charge >= 0.3 is 0 Å². The molecule has 1 saturated heterocycles. The molecule has 1 aliphatic heterocycles. The zero-order valence-electron chi connectivity index (χ0n) is 19.2. The molecule has 0 atom stereocenters. The molecule has 1 fully saturated rings. The molecular formula is C26H34N2O4. The van der Waals surface area contributed by atoms with E-state index in [0.717, 1.165) is 49.4 Å². The summed E-state index contributed by atoms with van der Waals surface area (Å²) in [7, 11) is 3.30. The van der Waals surface area contributed by atoms with Crippen molar-refractivity contribution in [2.24, 2.45) is 0 Å². The lowest BCUT2D eigenvalue weighted by atomic mass is 10.1. The molecule has 0 aliphatic carbocycles. The van der Waals surface area contributed by atoms with Crippen LogP contribution in [0.1, 0.15) is 36.8 Å². The largest absolute Gasteiger partial charge is 0.497 e. The van der Waals surface area contributed by atoms with E-state index in [4.69, 9.17) is 9.47 Å². The topological polar surface area (TPSA) is 59.1 Å². The quantitative estimate of drug-likeness (QED) is 0.599. The fourth-order valence-corrected chi connectivity index (χ4v) is 4.01. The van der Waals surface area contributed by atoms with Gasteiger partial charge in [-0.2, -0.15) is 0 Å². The first-order chi connectivity index (χ1) is 15.6. The molecule has 0 radical (unpaired) electrons. The number of carbonyl (C=O) groups excluding carboxylic acids is 2. The number of benzene rings is 2. The molecule has 0 spiro atoms. The summed E-state index contributed by atoms with van der Waals surface area (Å²) in [5.74, 6) is 2.01. The van der Waals surface area contributed by atoms with Crippen molar-refractivity contribution in [1.29, 1.82) is 0 Å². The predicted molar refractivity (Wildman–Crippen MR) is 125 cm³/mol. The monoisotopic (exact) mass is 438 g/mol. The summed E-state index contributed by atoms with van der Waals surface area (Å²) in [5, 5.41) is 0. The maximum atomic E-state index is 12.7. The molecule has 0 N–H and O–H groups in total. The number of carbonyl (C=O) groups is 2. The Morgan fingerprint density at radius 3 is 1.66 bits per heavy atom. The van der Waals surface area contributed by atoms with Crippen LogP contribution in [0.5, 0.6) is 11.5 Å². The highest BCUT2D eigenvalue weighted by atomic mass is 16.5. The molecule has 2 aromatic carbocycles. The van der Waals surface area contributed by atoms with Gasteiger partial charge in [0.25, 0.3) is 0 Å². The van der Waals surface area contributed by atoms with Crippen LogP contribution in [0, 0.1) is 0 Å². The highest BCUT2D eigenvalue weighted by Crippen LogP contribution is 2.15. The van der Waals surface area contributed by atoms with E-state index in [1.165, 1.54) is 5.56 Å². The Morgan fingerprint density at radius 2 is 1.16 bits per heavy atom. The van der Waals surface area contributed by atoms with Gasteiger partial charge in [-0.1, -0.05) is 24.3 Å². The summed E-state index contributed by atoms with van der Waals surface area (Å²) in [6.45, 7) is 2.68. The number of methoxy groups -OCH3 is 2. The number of amides is 2. The second-order valence-corrected chi connectivity index (χ2v) is 8.16. The summed E-state index contributed by atoms with van der Waals surface area (Å²) in [5.41, 5.74) is 2.34. The highest BCUT2D eigenvalue weighted by molar-refractivity contribution is 5.78. The summed E-state index contributed by atoms with van der Waals surface area (Å²) < 4.78 is 10.4. The van der Waals surface area contributed by atoms with Crippen molar-refractivity contribution in [3.05, 3.63) is 59.7 Å². The average molecular weight is 439 g/mol. The first kappa shape index (κ1) is 23.6. The number of nitrogens with zero attached hydrogens (tertiary/aromatic N) is 2. The Labute approximate surface area is 191 Å². The molecule has 0 unspecified atom stereocenters. The van der Waals surface area contributed by atoms with Gasteiger partial charge in [-0.25, -0.2) is 0 Å². The van der Waals surface area contributed by atoms with Crippen molar-refractivity contribution >= 4 is 11.8 Å². The zero-order chi connectivity index (χ0) is 22.8. The van der Waals surface area contributed by atoms with Gasteiger partial charge in [0.1, 0.15) is 11.5 Å². The molecule has 0 aromatic heterocycles. The highest BCUT2D eigenvalue weighted by Gasteiger charge is 2.21. The van der Waals surface area contributed by atoms with E-state index in [1.807, 2.05) is 58.3 Å². The Bertz CT molecular complexity index is 864. The first-order valence-corrected chi connectivity index (χ1v) is 11.4. The van der Waals surface area contributed by atoms with Crippen molar-refractivity contribution in [1.82, 2.24) is 9.80 Å². The second-order valence-electron chi connectivity index (χ2n) is 8.16. The van der Waals surface area contributed by atoms with Gasteiger partial charge in [-0.15, -0.1) is 0 Å². The normalized spacial score (nSPS) is 14.1. The standard InChI is InChI=1S/C26H34N2O4/c1-31-23-12-7-21(8-13-23)5-3-6-25(29)27-17-4-18-28(20-19-27)26(30)16-11-22-9-14-24(32-2)15-10-22/h7-10,12-15H,3-6,11,16-20H2,1-2H3. The van der Waals surface area contributed by atoms with Crippen LogP contribution in [0.2, 0.25) is 0 Å². The molecule has 2 amide bonds. The second kappa shape index (κ2) is 12.1. The summed E-state index contributed by atoms with van der Waals surface area (Å²) in [6, 6.07) is 15.8. The SMILES string of the molecule is COc1ccc(CCCC(=O)N2CCCN(C(=O)CCc3ccc(OC)cc3)CC2)cc1. The summed E-state index contributed by atoms with van der Waals surface area (Å²) >= 11 is 0. The van der Waals surface area contributed by atoms with Gasteiger partial charge in [-0.05, 0) is 61.1 Å². The van der Waals surface area contributed by atoms with E-state index in [1.54, 1.807) is 14.2 Å². The Balaban J connectivity index is 1.39. The predicted octanol–water partition coefficient (Wildman–Crippen LogP) is 3.72. The van der Waals surface area contributed by atoms with Crippen LogP contribution in [0.4, 0.5) is 0 Å². The minimum atomic E-state index is 0.162. The molecule has 0 saturated carbocycles. The van der Waals surface area contributed by atoms with Crippen LogP contribution in [0.3, 0.4) is 0 Å². The number of rotatable bonds is 9. The third-order valence-corrected chi connectivity index (χ3v) is 6.00. The van der Waals surface area contributed by atoms with E-state index in [0.29, 0.717) is 32.4 Å². The smallest absolute Gasteiger partial charge is 0.222 e. The van der Waals surface area contributed by atoms with Crippen LogP contribution >= 0.6 is 0 Å². The van der Waals surface area contributed by atoms with Gasteiger partial charge in [0.15, 0.2) is 0 Å². The van der Waals surface area contributed by atoms with Crippen molar-refractivity contribution < 1.29 is 19.1 Å². The minimum Gasteiger partial charge on any atom is -0.497 e. The van der Waals surface area contributed by atoms with Crippen LogP contribution in [-0.4, -0.2) is 62.0 Å². The van der Waals surface area contributed by atoms with Gasteiger partial charge in [-0.3, -0.25) is 9.59 Å². The summed E-state index contributed by atoms with van der Waals surface area (Å²) in [4.78, 5) is 29.2. The number of hydrogen-bond donors (Lipinski definition) is 0. The zero-order valence-corrected chi connectivity index (χ0v) is 19.2. The molecule has 6 heteroatoms. The maximum Gasteiger partial charge on any atom is 0.222 e. The van der Waals surface area contributed by atoms with Crippen molar-refractivity contribution in [3.8, 4) is 11.5 Å². The Morgan fingerprint density at radius 1 is 0.688 bits per heavy atom. The lowest BCUT2D eigenvalue weighted by molar-refractivity contribution is -0.133. The fourth-order valence-electron chi connectivity index (χ4n) is 4.01. The van der Waals surface area contributed by atoms with E-state index >= 15 is 0 Å². The van der Waals surface area contributed by atoms with Crippen molar-refractivity contribution in [2.45, 2.75) is 38.5 Å². The Kier molecular flexibility index (Phi) is 8.96. The van der Waals surface area contributed by atoms with Gasteiger partial charge in [0.05, 0.1) is 14.2 Å². The minimum absolute atomic E-state index is 0.162.